The van der Waals surface area contributed by atoms with Crippen molar-refractivity contribution in [3.63, 3.8) is 0 Å². The average molecular weight is 153 g/mol. The first kappa shape index (κ1) is 27.6. The van der Waals surface area contributed by atoms with Crippen LogP contribution in [0.3, 0.4) is 0 Å². The Hall–Kier alpha value is 3.08. The van der Waals surface area contributed by atoms with Gasteiger partial charge in [-0.3, -0.25) is 0 Å². The van der Waals surface area contributed by atoms with Crippen molar-refractivity contribution >= 4 is 78.2 Å². The van der Waals surface area contributed by atoms with Gasteiger partial charge in [0.25, 0.3) is 0 Å². The maximum atomic E-state index is 0. The van der Waals surface area contributed by atoms with Gasteiger partial charge in [-0.25, -0.2) is 0 Å². The van der Waals surface area contributed by atoms with Crippen molar-refractivity contribution in [1.82, 2.24) is 0 Å². The minimum Gasteiger partial charge on any atom is 0 e. The first-order valence-electron chi connectivity index (χ1n) is 0. The molecule has 0 saturated heterocycles. The van der Waals surface area contributed by atoms with Crippen LogP contribution in [0.2, 0.25) is 0 Å². The van der Waals surface area contributed by atoms with Crippen molar-refractivity contribution in [2.45, 2.75) is 0 Å². The van der Waals surface area contributed by atoms with Crippen molar-refractivity contribution in [3.8, 4) is 0 Å². The van der Waals surface area contributed by atoms with Gasteiger partial charge in [-0.05, 0) is 0 Å². The first-order chi connectivity index (χ1) is 0. The van der Waals surface area contributed by atoms with Gasteiger partial charge in [-0.2, -0.15) is 0 Å². The van der Waals surface area contributed by atoms with Gasteiger partial charge < -0.3 is 0 Å². The van der Waals surface area contributed by atoms with E-state index in [1.807, 2.05) is 0 Å². The zero-order chi connectivity index (χ0) is 0. The summed E-state index contributed by atoms with van der Waals surface area (Å²) in [5.41, 5.74) is 0. The van der Waals surface area contributed by atoms with Crippen molar-refractivity contribution < 1.29 is 17.1 Å². The van der Waals surface area contributed by atoms with Gasteiger partial charge in [0.05, 0.1) is 0 Å². The number of rotatable bonds is 0. The molecule has 0 aliphatic heterocycles. The predicted molar refractivity (Wildman–Crippen MR) is 27.0 cm³/mol. The SMILES string of the molecule is [AlH3].[CaH2].[MgH2].[Mn]. The average Bonchev–Trinajstić information content (AvgIpc) is 0. The third kappa shape index (κ3) is 8.91. The van der Waals surface area contributed by atoms with Gasteiger partial charge >= 0.3 is 60.8 Å². The molecule has 0 rings (SSSR count). The zero-order valence-electron chi connectivity index (χ0n) is 0.378. The van der Waals surface area contributed by atoms with Crippen LogP contribution in [0.1, 0.15) is 0 Å². The summed E-state index contributed by atoms with van der Waals surface area (Å²) < 4.78 is 0. The van der Waals surface area contributed by atoms with Crippen LogP contribution < -0.4 is 0 Å². The van der Waals surface area contributed by atoms with Gasteiger partial charge in [-0.15, -0.1) is 0 Å². The Balaban J connectivity index is 0. The Morgan fingerprint density at radius 2 is 1.00 bits per heavy atom. The summed E-state index contributed by atoms with van der Waals surface area (Å²) in [6, 6.07) is 0. The molecule has 0 bridgehead atoms. The normalized spacial score (nSPS) is 0. The minimum absolute atomic E-state index is 0. The summed E-state index contributed by atoms with van der Waals surface area (Å²) in [6.07, 6.45) is 0. The van der Waals surface area contributed by atoms with Crippen LogP contribution >= 0.6 is 0 Å². The van der Waals surface area contributed by atoms with Crippen molar-refractivity contribution in [3.05, 3.63) is 0 Å². The third-order valence-electron chi connectivity index (χ3n) is 0. The fourth-order valence-electron chi connectivity index (χ4n) is 0. The topological polar surface area (TPSA) is 0 Å². The molecular weight excluding hydrogens is 146 g/mol. The smallest absolute Gasteiger partial charge is 0 e. The standard InChI is InChI=1S/Al.Ca.Mg.Mn.7H. The van der Waals surface area contributed by atoms with Crippen LogP contribution in [-0.2, 0) is 17.1 Å². The molecule has 1 radical (unpaired) electrons. The molecule has 0 spiro atoms. The van der Waals surface area contributed by atoms with Crippen LogP contribution in [0.25, 0.3) is 0 Å². The van der Waals surface area contributed by atoms with Crippen molar-refractivity contribution in [2.24, 2.45) is 0 Å². The summed E-state index contributed by atoms with van der Waals surface area (Å²) in [5, 5.41) is 0. The van der Waals surface area contributed by atoms with Gasteiger partial charge in [0.15, 0.2) is 17.4 Å². The van der Waals surface area contributed by atoms with E-state index in [4.69, 9.17) is 0 Å². The van der Waals surface area contributed by atoms with E-state index >= 15 is 0 Å². The van der Waals surface area contributed by atoms with E-state index < -0.39 is 0 Å². The first-order valence-corrected chi connectivity index (χ1v) is 0. The molecule has 0 saturated carbocycles. The molecule has 0 aliphatic carbocycles. The number of hydrogen-bond donors (Lipinski definition) is 0. The molecule has 0 fully saturated rings. The Bertz CT molecular complexity index is 8.00. The monoisotopic (exact) mass is 153 g/mol. The maximum absolute atomic E-state index is 0. The molecule has 0 aliphatic rings. The van der Waals surface area contributed by atoms with Crippen LogP contribution in [0.4, 0.5) is 0 Å². The largest absolute Gasteiger partial charge is 0.316 e. The molecule has 21 valence electrons. The molecule has 0 aromatic carbocycles. The van der Waals surface area contributed by atoms with E-state index in [2.05, 4.69) is 0 Å². The molecule has 4 heavy (non-hydrogen) atoms. The Morgan fingerprint density at radius 3 is 1.00 bits per heavy atom. The predicted octanol–water partition coefficient (Wildman–Crippen LogP) is -3.02. The van der Waals surface area contributed by atoms with Crippen LogP contribution in [-0.4, -0.2) is 78.2 Å². The molecule has 0 aromatic heterocycles. The van der Waals surface area contributed by atoms with E-state index in [9.17, 15) is 0 Å². The van der Waals surface area contributed by atoms with E-state index in [1.165, 1.54) is 0 Å². The summed E-state index contributed by atoms with van der Waals surface area (Å²) in [4.78, 5) is 0. The second kappa shape index (κ2) is 16.5. The van der Waals surface area contributed by atoms with Crippen LogP contribution in [0.15, 0.2) is 0 Å². The molecule has 0 amide bonds. The summed E-state index contributed by atoms with van der Waals surface area (Å²) >= 11 is 0. The van der Waals surface area contributed by atoms with Crippen LogP contribution in [0.5, 0.6) is 0 Å². The fourth-order valence-corrected chi connectivity index (χ4v) is 0. The van der Waals surface area contributed by atoms with Gasteiger partial charge in [0.2, 0.25) is 0 Å². The maximum Gasteiger partial charge on any atom is 0.316 e. The van der Waals surface area contributed by atoms with Crippen molar-refractivity contribution in [1.29, 1.82) is 0 Å². The molecule has 0 N–H and O–H groups in total. The Morgan fingerprint density at radius 1 is 1.00 bits per heavy atom. The molecular formula is H7AlCaMgMn. The molecule has 0 aromatic rings. The van der Waals surface area contributed by atoms with Gasteiger partial charge in [-0.1, -0.05) is 0 Å². The summed E-state index contributed by atoms with van der Waals surface area (Å²) in [6.45, 7) is 0. The minimum atomic E-state index is 0. The van der Waals surface area contributed by atoms with Crippen molar-refractivity contribution in [2.75, 3.05) is 0 Å². The Labute approximate surface area is 93.2 Å². The molecule has 0 unspecified atom stereocenters. The fraction of sp³-hybridized carbons (Fsp3) is 0. The zero-order valence-corrected chi connectivity index (χ0v) is 1.56. The molecule has 4 heteroatoms. The Kier molecular flexibility index (Phi) is 114. The molecule has 0 heterocycles. The quantitative estimate of drug-likeness (QED) is 0.325. The van der Waals surface area contributed by atoms with E-state index in [0.717, 1.165) is 0 Å². The van der Waals surface area contributed by atoms with E-state index in [0.29, 0.717) is 0 Å². The second-order valence-electron chi connectivity index (χ2n) is 0. The summed E-state index contributed by atoms with van der Waals surface area (Å²) in [5.74, 6) is 0. The van der Waals surface area contributed by atoms with E-state index in [1.54, 1.807) is 0 Å². The second-order valence-corrected chi connectivity index (χ2v) is 0. The molecule has 0 nitrogen and oxygen atoms in total. The van der Waals surface area contributed by atoms with Crippen LogP contribution in [0, 0.1) is 0 Å². The third-order valence-corrected chi connectivity index (χ3v) is 0. The summed E-state index contributed by atoms with van der Waals surface area (Å²) in [7, 11) is 0. The molecule has 0 atom stereocenters. The van der Waals surface area contributed by atoms with E-state index in [-0.39, 0.29) is 95.2 Å². The van der Waals surface area contributed by atoms with Gasteiger partial charge in [0.1, 0.15) is 0 Å². The number of hydrogen-bond acceptors (Lipinski definition) is 0. The van der Waals surface area contributed by atoms with Gasteiger partial charge in [0, 0.05) is 17.1 Å².